The number of phenolic OH excluding ortho intramolecular Hbond substituents is 2. The van der Waals surface area contributed by atoms with Crippen molar-refractivity contribution in [2.45, 2.75) is 5.60 Å². The number of aromatic hydroxyl groups is 2. The monoisotopic (exact) mass is 594 g/mol. The molecular weight excluding hydrogens is 572 g/mol. The maximum Gasteiger partial charge on any atom is 0.340 e. The van der Waals surface area contributed by atoms with Gasteiger partial charge in [-0.15, -0.1) is 0 Å². The summed E-state index contributed by atoms with van der Waals surface area (Å²) in [5.41, 5.74) is -1.95. The molecule has 0 fully saturated rings. The number of carbonyl (C=O) groups is 5. The molecule has 3 aromatic rings. The Morgan fingerprint density at radius 1 is 0.651 bits per heavy atom. The van der Waals surface area contributed by atoms with Crippen LogP contribution < -0.4 is 14.5 Å². The van der Waals surface area contributed by atoms with Crippen molar-refractivity contribution in [2.75, 3.05) is 36.0 Å². The van der Waals surface area contributed by atoms with Crippen LogP contribution in [-0.4, -0.2) is 86.7 Å². The van der Waals surface area contributed by atoms with Crippen LogP contribution in [-0.2, 0) is 29.5 Å². The number of rotatable bonds is 10. The molecule has 43 heavy (non-hydrogen) atoms. The minimum atomic E-state index is -1.91. The van der Waals surface area contributed by atoms with Crippen molar-refractivity contribution < 1.29 is 64.1 Å². The number of benzene rings is 3. The summed E-state index contributed by atoms with van der Waals surface area (Å²) in [5, 5.41) is 59.3. The fourth-order valence-corrected chi connectivity index (χ4v) is 5.33. The molecule has 3 aromatic carbocycles. The molecule has 0 saturated heterocycles. The maximum absolute atomic E-state index is 13.2. The number of phenols is 2. The third-order valence-electron chi connectivity index (χ3n) is 6.89. The first kappa shape index (κ1) is 28.5. The third-order valence-corrected chi connectivity index (χ3v) is 6.89. The summed E-state index contributed by atoms with van der Waals surface area (Å²) in [5.74, 6) is -7.70. The predicted molar refractivity (Wildman–Crippen MR) is 143 cm³/mol. The van der Waals surface area contributed by atoms with Crippen LogP contribution in [0.3, 0.4) is 0 Å². The molecule has 5 rings (SSSR count). The Morgan fingerprint density at radius 3 is 1.49 bits per heavy atom. The van der Waals surface area contributed by atoms with Crippen molar-refractivity contribution in [1.29, 1.82) is 0 Å². The van der Waals surface area contributed by atoms with E-state index >= 15 is 0 Å². The van der Waals surface area contributed by atoms with Gasteiger partial charge in [0.1, 0.15) is 49.2 Å². The maximum atomic E-state index is 13.2. The lowest BCUT2D eigenvalue weighted by Crippen LogP contribution is -2.37. The minimum absolute atomic E-state index is 0.0338. The van der Waals surface area contributed by atoms with Crippen molar-refractivity contribution in [2.24, 2.45) is 0 Å². The van der Waals surface area contributed by atoms with E-state index in [9.17, 15) is 54.6 Å². The van der Waals surface area contributed by atoms with Gasteiger partial charge in [0.05, 0.1) is 16.9 Å². The van der Waals surface area contributed by atoms with Crippen molar-refractivity contribution >= 4 is 41.2 Å². The highest BCUT2D eigenvalue weighted by Crippen LogP contribution is 2.59. The van der Waals surface area contributed by atoms with Gasteiger partial charge in [-0.05, 0) is 18.2 Å². The van der Waals surface area contributed by atoms with Crippen LogP contribution in [0.5, 0.6) is 23.0 Å². The molecule has 15 heteroatoms. The minimum Gasteiger partial charge on any atom is -0.506 e. The quantitative estimate of drug-likeness (QED) is 0.183. The van der Waals surface area contributed by atoms with Crippen LogP contribution in [0.25, 0.3) is 0 Å². The number of esters is 1. The van der Waals surface area contributed by atoms with Crippen LogP contribution in [0.1, 0.15) is 27.0 Å². The van der Waals surface area contributed by atoms with Crippen LogP contribution in [0, 0.1) is 0 Å². The van der Waals surface area contributed by atoms with Crippen molar-refractivity contribution in [1.82, 2.24) is 0 Å². The Kier molecular flexibility index (Phi) is 6.93. The molecule has 0 saturated carbocycles. The lowest BCUT2D eigenvalue weighted by atomic mass is 9.77. The SMILES string of the molecule is O=C(O)CN(CC(=O)O)c1cc2c(cc1O)Oc1cc(O)c(N(CC(=O)O)CC(=O)O)cc1C21OC(=O)c2ccccc21. The van der Waals surface area contributed by atoms with E-state index < -0.39 is 73.1 Å². The first-order valence-electron chi connectivity index (χ1n) is 12.4. The summed E-state index contributed by atoms with van der Waals surface area (Å²) < 4.78 is 12.0. The molecule has 2 aliphatic rings. The van der Waals surface area contributed by atoms with Gasteiger partial charge in [0.2, 0.25) is 0 Å². The van der Waals surface area contributed by atoms with E-state index in [2.05, 4.69) is 0 Å². The number of hydrogen-bond donors (Lipinski definition) is 6. The summed E-state index contributed by atoms with van der Waals surface area (Å²) in [7, 11) is 0. The number of aliphatic carboxylic acids is 4. The van der Waals surface area contributed by atoms with Gasteiger partial charge in [0.15, 0.2) is 5.60 Å². The molecular formula is C28H22N2O13. The van der Waals surface area contributed by atoms with Crippen LogP contribution in [0.4, 0.5) is 11.4 Å². The average Bonchev–Trinajstić information content (AvgIpc) is 3.19. The summed E-state index contributed by atoms with van der Waals surface area (Å²) in [6.07, 6.45) is 0. The number of carboxylic acids is 4. The fourth-order valence-electron chi connectivity index (χ4n) is 5.33. The van der Waals surface area contributed by atoms with Gasteiger partial charge in [0, 0.05) is 28.8 Å². The van der Waals surface area contributed by atoms with E-state index in [-0.39, 0.29) is 45.1 Å². The second-order valence-corrected chi connectivity index (χ2v) is 9.68. The first-order valence-corrected chi connectivity index (χ1v) is 12.4. The molecule has 2 aliphatic heterocycles. The largest absolute Gasteiger partial charge is 0.506 e. The number of anilines is 2. The van der Waals surface area contributed by atoms with E-state index in [4.69, 9.17) is 9.47 Å². The lowest BCUT2D eigenvalue weighted by molar-refractivity contribution is -0.138. The fraction of sp³-hybridized carbons (Fsp3) is 0.179. The van der Waals surface area contributed by atoms with Gasteiger partial charge in [-0.2, -0.15) is 0 Å². The van der Waals surface area contributed by atoms with Gasteiger partial charge in [-0.25, -0.2) is 4.79 Å². The van der Waals surface area contributed by atoms with Crippen molar-refractivity contribution in [3.63, 3.8) is 0 Å². The topological polar surface area (TPSA) is 232 Å². The summed E-state index contributed by atoms with van der Waals surface area (Å²) in [6.45, 7) is -3.29. The predicted octanol–water partition coefficient (Wildman–Crippen LogP) is 1.62. The van der Waals surface area contributed by atoms with E-state index in [1.165, 1.54) is 18.2 Å². The van der Waals surface area contributed by atoms with Gasteiger partial charge >= 0.3 is 29.8 Å². The zero-order valence-corrected chi connectivity index (χ0v) is 21.9. The number of carboxylic acid groups (broad SMARTS) is 4. The molecule has 222 valence electrons. The molecule has 2 heterocycles. The van der Waals surface area contributed by atoms with Gasteiger partial charge in [0.25, 0.3) is 0 Å². The summed E-state index contributed by atoms with van der Waals surface area (Å²) in [6, 6.07) is 10.8. The molecule has 15 nitrogen and oxygen atoms in total. The van der Waals surface area contributed by atoms with Gasteiger partial charge < -0.3 is 49.9 Å². The Morgan fingerprint density at radius 2 is 1.07 bits per heavy atom. The molecule has 1 spiro atoms. The number of fused-ring (bicyclic) bond motifs is 6. The van der Waals surface area contributed by atoms with E-state index in [0.717, 1.165) is 21.9 Å². The third kappa shape index (κ3) is 4.92. The zero-order chi connectivity index (χ0) is 31.2. The normalized spacial score (nSPS) is 13.6. The summed E-state index contributed by atoms with van der Waals surface area (Å²) in [4.78, 5) is 61.2. The van der Waals surface area contributed by atoms with Gasteiger partial charge in [-0.3, -0.25) is 19.2 Å². The first-order chi connectivity index (χ1) is 20.3. The molecule has 0 radical (unpaired) electrons. The molecule has 0 atom stereocenters. The molecule has 0 unspecified atom stereocenters. The van der Waals surface area contributed by atoms with Crippen LogP contribution >= 0.6 is 0 Å². The van der Waals surface area contributed by atoms with Gasteiger partial charge in [-0.1, -0.05) is 18.2 Å². The lowest BCUT2D eigenvalue weighted by Gasteiger charge is -2.38. The Bertz CT molecular complexity index is 1590. The molecule has 0 bridgehead atoms. The summed E-state index contributed by atoms with van der Waals surface area (Å²) >= 11 is 0. The van der Waals surface area contributed by atoms with Crippen molar-refractivity contribution in [3.05, 3.63) is 70.8 Å². The van der Waals surface area contributed by atoms with E-state index in [0.29, 0.717) is 0 Å². The van der Waals surface area contributed by atoms with E-state index in [1.807, 2.05) is 0 Å². The Hall–Kier alpha value is -5.99. The number of carbonyl (C=O) groups excluding carboxylic acids is 1. The van der Waals surface area contributed by atoms with Crippen molar-refractivity contribution in [3.8, 4) is 23.0 Å². The average molecular weight is 594 g/mol. The molecule has 0 aromatic heterocycles. The second kappa shape index (κ2) is 10.4. The molecule has 0 aliphatic carbocycles. The Balaban J connectivity index is 1.81. The highest BCUT2D eigenvalue weighted by Gasteiger charge is 2.54. The Labute approximate surface area is 241 Å². The highest BCUT2D eigenvalue weighted by molar-refractivity contribution is 5.97. The highest BCUT2D eigenvalue weighted by atomic mass is 16.6. The van der Waals surface area contributed by atoms with E-state index in [1.54, 1.807) is 18.2 Å². The number of hydrogen-bond acceptors (Lipinski definition) is 11. The molecule has 0 amide bonds. The smallest absolute Gasteiger partial charge is 0.340 e. The number of ether oxygens (including phenoxy) is 2. The zero-order valence-electron chi connectivity index (χ0n) is 21.9. The molecule has 6 N–H and O–H groups in total. The standard InChI is InChI=1S/C28H22N2O13/c31-19-7-21-15(5-17(19)29(9-23(33)34)10-24(35)36)28(14-4-2-1-3-13(14)27(41)43-28)16-6-18(20(32)8-22(16)42-21)30(11-25(37)38)12-26(39)40/h1-8,31-32H,9-12H2,(H,33,34)(H,35,36)(H,37,38)(H,39,40). The van der Waals surface area contributed by atoms with Crippen LogP contribution in [0.2, 0.25) is 0 Å². The number of nitrogens with zero attached hydrogens (tertiary/aromatic N) is 2. The second-order valence-electron chi connectivity index (χ2n) is 9.68. The van der Waals surface area contributed by atoms with Crippen LogP contribution in [0.15, 0.2) is 48.5 Å².